The van der Waals surface area contributed by atoms with Crippen LogP contribution in [0.1, 0.15) is 29.7 Å². The lowest BCUT2D eigenvalue weighted by molar-refractivity contribution is -0.141. The van der Waals surface area contributed by atoms with Crippen LogP contribution in [0.4, 0.5) is 0 Å². The number of hydrogen-bond donors (Lipinski definition) is 1. The van der Waals surface area contributed by atoms with E-state index in [0.717, 1.165) is 6.29 Å². The zero-order valence-electron chi connectivity index (χ0n) is 10.4. The first-order chi connectivity index (χ1) is 9.17. The van der Waals surface area contributed by atoms with Crippen molar-refractivity contribution in [2.24, 2.45) is 0 Å². The van der Waals surface area contributed by atoms with Gasteiger partial charge < -0.3 is 5.11 Å². The Morgan fingerprint density at radius 2 is 2.21 bits per heavy atom. The largest absolute Gasteiger partial charge is 0.480 e. The molecule has 0 saturated heterocycles. The quantitative estimate of drug-likeness (QED) is 0.827. The Morgan fingerprint density at radius 1 is 1.47 bits per heavy atom. The molecule has 0 bridgehead atoms. The van der Waals surface area contributed by atoms with Crippen molar-refractivity contribution >= 4 is 12.3 Å². The van der Waals surface area contributed by atoms with Crippen LogP contribution in [0.3, 0.4) is 0 Å². The van der Waals surface area contributed by atoms with Gasteiger partial charge in [0, 0.05) is 11.1 Å². The molecule has 1 N–H and O–H groups in total. The first-order valence-corrected chi connectivity index (χ1v) is 5.86. The van der Waals surface area contributed by atoms with Gasteiger partial charge in [0.15, 0.2) is 12.3 Å². The second-order valence-corrected chi connectivity index (χ2v) is 4.05. The maximum atomic E-state index is 11.1. The second kappa shape index (κ2) is 5.43. The first kappa shape index (κ1) is 12.9. The van der Waals surface area contributed by atoms with E-state index in [0.29, 0.717) is 23.2 Å². The Labute approximate surface area is 109 Å². The minimum atomic E-state index is -0.956. The third kappa shape index (κ3) is 2.52. The zero-order valence-corrected chi connectivity index (χ0v) is 10.4. The van der Waals surface area contributed by atoms with E-state index in [1.165, 1.54) is 4.68 Å². The van der Waals surface area contributed by atoms with Crippen LogP contribution < -0.4 is 0 Å². The fraction of sp³-hybridized carbons (Fsp3) is 0.231. The highest BCUT2D eigenvalue weighted by Crippen LogP contribution is 2.21. The topological polar surface area (TPSA) is 85.1 Å². The number of carbonyl (C=O) groups excluding carboxylic acids is 1. The number of carboxylic acids is 1. The van der Waals surface area contributed by atoms with E-state index in [2.05, 4.69) is 10.3 Å². The molecule has 2 aromatic rings. The van der Waals surface area contributed by atoms with Crippen molar-refractivity contribution in [1.29, 1.82) is 0 Å². The van der Waals surface area contributed by atoms with Gasteiger partial charge >= 0.3 is 5.97 Å². The number of hydrogen-bond acceptors (Lipinski definition) is 4. The summed E-state index contributed by atoms with van der Waals surface area (Å²) in [7, 11) is 0. The van der Waals surface area contributed by atoms with E-state index in [1.54, 1.807) is 37.4 Å². The number of nitrogens with zero attached hydrogens (tertiary/aromatic N) is 3. The number of rotatable bonds is 5. The molecule has 6 heteroatoms. The van der Waals surface area contributed by atoms with E-state index in [1.807, 2.05) is 0 Å². The normalized spacial score (nSPS) is 12.1. The highest BCUT2D eigenvalue weighted by atomic mass is 16.4. The first-order valence-electron chi connectivity index (χ1n) is 5.86. The summed E-state index contributed by atoms with van der Waals surface area (Å²) in [6, 6.07) is 6.22. The predicted molar refractivity (Wildman–Crippen MR) is 67.8 cm³/mol. The average molecular weight is 259 g/mol. The van der Waals surface area contributed by atoms with E-state index in [4.69, 9.17) is 5.11 Å². The minimum Gasteiger partial charge on any atom is -0.480 e. The van der Waals surface area contributed by atoms with Gasteiger partial charge in [-0.3, -0.25) is 4.79 Å². The van der Waals surface area contributed by atoms with Crippen LogP contribution in [0.5, 0.6) is 0 Å². The molecule has 1 aromatic carbocycles. The maximum absolute atomic E-state index is 11.1. The van der Waals surface area contributed by atoms with Crippen molar-refractivity contribution in [3.8, 4) is 11.3 Å². The molecule has 1 heterocycles. The van der Waals surface area contributed by atoms with Gasteiger partial charge in [-0.15, -0.1) is 5.10 Å². The number of aliphatic carboxylic acids is 1. The second-order valence-electron chi connectivity index (χ2n) is 4.05. The van der Waals surface area contributed by atoms with Crippen molar-refractivity contribution in [2.45, 2.75) is 19.4 Å². The van der Waals surface area contributed by atoms with Gasteiger partial charge in [0.1, 0.15) is 5.69 Å². The van der Waals surface area contributed by atoms with Crippen molar-refractivity contribution in [3.63, 3.8) is 0 Å². The van der Waals surface area contributed by atoms with Crippen LogP contribution in [-0.2, 0) is 4.79 Å². The number of benzene rings is 1. The summed E-state index contributed by atoms with van der Waals surface area (Å²) in [4.78, 5) is 22.0. The fourth-order valence-corrected chi connectivity index (χ4v) is 1.86. The molecule has 1 unspecified atom stereocenters. The highest BCUT2D eigenvalue weighted by molar-refractivity contribution is 5.86. The van der Waals surface area contributed by atoms with Crippen LogP contribution in [0, 0.1) is 0 Å². The molecule has 0 saturated carbocycles. The van der Waals surface area contributed by atoms with Crippen molar-refractivity contribution in [1.82, 2.24) is 15.0 Å². The molecule has 0 aliphatic carbocycles. The predicted octanol–water partition coefficient (Wildman–Crippen LogP) is 1.79. The molecule has 1 atom stereocenters. The van der Waals surface area contributed by atoms with Gasteiger partial charge in [-0.1, -0.05) is 36.4 Å². The van der Waals surface area contributed by atoms with Crippen LogP contribution in [0.15, 0.2) is 30.5 Å². The number of aromatic nitrogens is 3. The van der Waals surface area contributed by atoms with E-state index in [9.17, 15) is 9.59 Å². The zero-order chi connectivity index (χ0) is 13.8. The minimum absolute atomic E-state index is 0.410. The van der Waals surface area contributed by atoms with Crippen molar-refractivity contribution < 1.29 is 14.7 Å². The number of aldehydes is 1. The van der Waals surface area contributed by atoms with E-state index < -0.39 is 12.0 Å². The standard InChI is InChI=1S/C13H13N3O3/c1-2-12(13(18)19)16-7-11(14-15-16)10-6-4-3-5-9(10)8-17/h3-8,12H,2H2,1H3,(H,18,19). The molecule has 98 valence electrons. The van der Waals surface area contributed by atoms with Crippen molar-refractivity contribution in [3.05, 3.63) is 36.0 Å². The van der Waals surface area contributed by atoms with Gasteiger partial charge in [0.25, 0.3) is 0 Å². The average Bonchev–Trinajstić information content (AvgIpc) is 2.88. The summed E-state index contributed by atoms with van der Waals surface area (Å²) in [5.74, 6) is -0.956. The van der Waals surface area contributed by atoms with Gasteiger partial charge in [0.05, 0.1) is 6.20 Å². The van der Waals surface area contributed by atoms with Gasteiger partial charge in [-0.05, 0) is 6.42 Å². The third-order valence-corrected chi connectivity index (χ3v) is 2.87. The van der Waals surface area contributed by atoms with Crippen LogP contribution in [0.2, 0.25) is 0 Å². The van der Waals surface area contributed by atoms with E-state index in [-0.39, 0.29) is 0 Å². The van der Waals surface area contributed by atoms with Gasteiger partial charge in [0.2, 0.25) is 0 Å². The van der Waals surface area contributed by atoms with Crippen LogP contribution in [0.25, 0.3) is 11.3 Å². The molecule has 0 fully saturated rings. The molecule has 2 rings (SSSR count). The number of carbonyl (C=O) groups is 2. The van der Waals surface area contributed by atoms with Crippen LogP contribution >= 0.6 is 0 Å². The molecule has 1 aromatic heterocycles. The lowest BCUT2D eigenvalue weighted by Gasteiger charge is -2.08. The third-order valence-electron chi connectivity index (χ3n) is 2.87. The van der Waals surface area contributed by atoms with Gasteiger partial charge in [-0.2, -0.15) is 0 Å². The summed E-state index contributed by atoms with van der Waals surface area (Å²) in [5.41, 5.74) is 1.63. The van der Waals surface area contributed by atoms with Crippen molar-refractivity contribution in [2.75, 3.05) is 0 Å². The number of carboxylic acid groups (broad SMARTS) is 1. The SMILES string of the molecule is CCC(C(=O)O)n1cc(-c2ccccc2C=O)nn1. The lowest BCUT2D eigenvalue weighted by atomic mass is 10.1. The summed E-state index contributed by atoms with van der Waals surface area (Å²) in [6.07, 6.45) is 2.70. The summed E-state index contributed by atoms with van der Waals surface area (Å²) in [6.45, 7) is 1.76. The summed E-state index contributed by atoms with van der Waals surface area (Å²) >= 11 is 0. The molecular weight excluding hydrogens is 246 g/mol. The molecule has 0 amide bonds. The Kier molecular flexibility index (Phi) is 3.70. The molecular formula is C13H13N3O3. The Hall–Kier alpha value is -2.50. The maximum Gasteiger partial charge on any atom is 0.328 e. The Morgan fingerprint density at radius 3 is 2.84 bits per heavy atom. The molecule has 0 radical (unpaired) electrons. The molecule has 0 spiro atoms. The summed E-state index contributed by atoms with van der Waals surface area (Å²) < 4.78 is 1.30. The molecule has 19 heavy (non-hydrogen) atoms. The molecule has 0 aliphatic heterocycles. The van der Waals surface area contributed by atoms with E-state index >= 15 is 0 Å². The Balaban J connectivity index is 2.40. The Bertz CT molecular complexity index is 607. The monoisotopic (exact) mass is 259 g/mol. The smallest absolute Gasteiger partial charge is 0.328 e. The molecule has 0 aliphatic rings. The fourth-order valence-electron chi connectivity index (χ4n) is 1.86. The lowest BCUT2D eigenvalue weighted by Crippen LogP contribution is -2.18. The molecule has 6 nitrogen and oxygen atoms in total. The summed E-state index contributed by atoms with van der Waals surface area (Å²) in [5, 5.41) is 16.8. The van der Waals surface area contributed by atoms with Crippen LogP contribution in [-0.4, -0.2) is 32.4 Å². The highest BCUT2D eigenvalue weighted by Gasteiger charge is 2.19. The van der Waals surface area contributed by atoms with Gasteiger partial charge in [-0.25, -0.2) is 9.48 Å².